The molecule has 0 bridgehead atoms. The van der Waals surface area contributed by atoms with Gasteiger partial charge in [-0.05, 0) is 23.9 Å². The lowest BCUT2D eigenvalue weighted by Gasteiger charge is -2.04. The third-order valence-corrected chi connectivity index (χ3v) is 5.21. The molecule has 0 spiro atoms. The molecule has 0 aliphatic heterocycles. The molecular formula is C15H15N9O2S. The average molecular weight is 385 g/mol. The number of imidazole rings is 1. The van der Waals surface area contributed by atoms with Gasteiger partial charge in [0, 0.05) is 39.1 Å². The lowest BCUT2D eigenvalue weighted by molar-refractivity contribution is 0.705. The van der Waals surface area contributed by atoms with E-state index in [1.54, 1.807) is 37.1 Å². The van der Waals surface area contributed by atoms with Gasteiger partial charge >= 0.3 is 5.69 Å². The van der Waals surface area contributed by atoms with Gasteiger partial charge in [0.15, 0.2) is 22.1 Å². The second-order valence-corrected chi connectivity index (χ2v) is 6.79. The fourth-order valence-electron chi connectivity index (χ4n) is 2.71. The molecule has 0 aromatic carbocycles. The van der Waals surface area contributed by atoms with Gasteiger partial charge in [-0.2, -0.15) is 0 Å². The van der Waals surface area contributed by atoms with Crippen molar-refractivity contribution in [1.29, 1.82) is 0 Å². The van der Waals surface area contributed by atoms with Crippen molar-refractivity contribution in [3.63, 3.8) is 0 Å². The summed E-state index contributed by atoms with van der Waals surface area (Å²) in [5, 5.41) is 9.04. The van der Waals surface area contributed by atoms with E-state index in [2.05, 4.69) is 20.2 Å². The van der Waals surface area contributed by atoms with Crippen LogP contribution in [0.5, 0.6) is 0 Å². The number of nitrogen functional groups attached to an aromatic ring is 1. The normalized spacial score (nSPS) is 11.4. The Hall–Kier alpha value is -3.41. The molecule has 4 aromatic rings. The Balaban J connectivity index is 1.82. The van der Waals surface area contributed by atoms with Gasteiger partial charge in [-0.25, -0.2) is 14.5 Å². The van der Waals surface area contributed by atoms with Crippen LogP contribution in [0, 0.1) is 0 Å². The van der Waals surface area contributed by atoms with E-state index in [-0.39, 0.29) is 0 Å². The zero-order valence-electron chi connectivity index (χ0n) is 14.7. The predicted molar refractivity (Wildman–Crippen MR) is 98.7 cm³/mol. The maximum Gasteiger partial charge on any atom is 0.332 e. The van der Waals surface area contributed by atoms with Crippen LogP contribution in [0.4, 0.5) is 0 Å². The first-order valence-electron chi connectivity index (χ1n) is 7.81. The van der Waals surface area contributed by atoms with Crippen LogP contribution in [0.25, 0.3) is 22.6 Å². The first-order chi connectivity index (χ1) is 12.9. The molecule has 2 N–H and O–H groups in total. The Morgan fingerprint density at radius 2 is 1.81 bits per heavy atom. The fraction of sp³-hybridized carbons (Fsp3) is 0.200. The highest BCUT2D eigenvalue weighted by Crippen LogP contribution is 2.28. The van der Waals surface area contributed by atoms with Crippen LogP contribution in [0.3, 0.4) is 0 Å². The molecule has 0 unspecified atom stereocenters. The molecule has 27 heavy (non-hydrogen) atoms. The largest absolute Gasteiger partial charge is 0.335 e. The van der Waals surface area contributed by atoms with Crippen molar-refractivity contribution < 1.29 is 0 Å². The van der Waals surface area contributed by atoms with Gasteiger partial charge < -0.3 is 10.4 Å². The molecule has 4 aromatic heterocycles. The third-order valence-electron chi connectivity index (χ3n) is 4.20. The minimum atomic E-state index is -0.442. The van der Waals surface area contributed by atoms with Gasteiger partial charge in [0.05, 0.1) is 0 Å². The molecule has 0 amide bonds. The average Bonchev–Trinajstić information content (AvgIpc) is 3.20. The lowest BCUT2D eigenvalue weighted by Crippen LogP contribution is -2.37. The Morgan fingerprint density at radius 3 is 2.52 bits per heavy atom. The molecule has 0 radical (unpaired) electrons. The Kier molecular flexibility index (Phi) is 3.84. The van der Waals surface area contributed by atoms with Gasteiger partial charge in [-0.3, -0.25) is 18.9 Å². The standard InChI is InChI=1S/C15H15N9O2S/c1-21-9-11(22(2)15(26)23(3)12(9)25)18-13(21)27-14-20-19-10(24(14)16)8-5-4-6-17-7-8/h4-7H,16H2,1-3H3. The number of aromatic nitrogens is 8. The van der Waals surface area contributed by atoms with Crippen LogP contribution in [0.2, 0.25) is 0 Å². The minimum absolute atomic E-state index is 0.295. The summed E-state index contributed by atoms with van der Waals surface area (Å²) >= 11 is 1.14. The summed E-state index contributed by atoms with van der Waals surface area (Å²) in [6, 6.07) is 3.60. The third kappa shape index (κ3) is 2.52. The van der Waals surface area contributed by atoms with Crippen LogP contribution in [-0.4, -0.2) is 38.5 Å². The summed E-state index contributed by atoms with van der Waals surface area (Å²) in [7, 11) is 4.70. The molecule has 4 rings (SSSR count). The molecule has 0 aliphatic carbocycles. The maximum absolute atomic E-state index is 12.5. The quantitative estimate of drug-likeness (QED) is 0.467. The summed E-state index contributed by atoms with van der Waals surface area (Å²) in [5.41, 5.74) is 0.477. The van der Waals surface area contributed by atoms with Crippen molar-refractivity contribution in [1.82, 2.24) is 38.5 Å². The van der Waals surface area contributed by atoms with Crippen molar-refractivity contribution >= 4 is 22.9 Å². The molecule has 0 atom stereocenters. The fourth-order valence-corrected chi connectivity index (χ4v) is 3.50. The summed E-state index contributed by atoms with van der Waals surface area (Å²) in [6.45, 7) is 0. The highest BCUT2D eigenvalue weighted by atomic mass is 32.2. The predicted octanol–water partition coefficient (Wildman–Crippen LogP) is -0.511. The molecule has 4 heterocycles. The zero-order chi connectivity index (χ0) is 19.3. The van der Waals surface area contributed by atoms with Gasteiger partial charge in [-0.15, -0.1) is 10.2 Å². The smallest absolute Gasteiger partial charge is 0.332 e. The Bertz CT molecular complexity index is 1280. The van der Waals surface area contributed by atoms with Crippen molar-refractivity contribution in [2.24, 2.45) is 21.1 Å². The van der Waals surface area contributed by atoms with Gasteiger partial charge in [-0.1, -0.05) is 0 Å². The van der Waals surface area contributed by atoms with Crippen LogP contribution in [0.1, 0.15) is 0 Å². The first kappa shape index (κ1) is 17.0. The molecule has 0 fully saturated rings. The van der Waals surface area contributed by atoms with E-state index in [0.717, 1.165) is 21.9 Å². The van der Waals surface area contributed by atoms with Gasteiger partial charge in [0.25, 0.3) is 5.56 Å². The number of rotatable bonds is 3. The molecule has 138 valence electrons. The number of fused-ring (bicyclic) bond motifs is 1. The number of aryl methyl sites for hydroxylation is 2. The number of nitrogens with two attached hydrogens (primary N) is 1. The van der Waals surface area contributed by atoms with E-state index in [4.69, 9.17) is 5.84 Å². The molecular weight excluding hydrogens is 370 g/mol. The second-order valence-electron chi connectivity index (χ2n) is 5.85. The van der Waals surface area contributed by atoms with Crippen molar-refractivity contribution in [3.05, 3.63) is 45.4 Å². The summed E-state index contributed by atoms with van der Waals surface area (Å²) in [5.74, 6) is 6.57. The van der Waals surface area contributed by atoms with Crippen LogP contribution >= 0.6 is 11.8 Å². The van der Waals surface area contributed by atoms with Crippen molar-refractivity contribution in [2.75, 3.05) is 5.84 Å². The molecule has 0 aliphatic rings. The topological polar surface area (TPSA) is 131 Å². The number of hydrogen-bond donors (Lipinski definition) is 1. The minimum Gasteiger partial charge on any atom is -0.335 e. The maximum atomic E-state index is 12.5. The monoisotopic (exact) mass is 385 g/mol. The van der Waals surface area contributed by atoms with Gasteiger partial charge in [0.2, 0.25) is 5.16 Å². The van der Waals surface area contributed by atoms with E-state index in [0.29, 0.717) is 27.3 Å². The van der Waals surface area contributed by atoms with Crippen LogP contribution < -0.4 is 17.1 Å². The van der Waals surface area contributed by atoms with E-state index >= 15 is 0 Å². The number of hydrogen-bond acceptors (Lipinski definition) is 8. The van der Waals surface area contributed by atoms with Crippen molar-refractivity contribution in [3.8, 4) is 11.4 Å². The number of pyridine rings is 1. The summed E-state index contributed by atoms with van der Waals surface area (Å²) < 4.78 is 5.32. The van der Waals surface area contributed by atoms with Crippen molar-refractivity contribution in [2.45, 2.75) is 10.3 Å². The van der Waals surface area contributed by atoms with Gasteiger partial charge in [0.1, 0.15) is 0 Å². The summed E-state index contributed by atoms with van der Waals surface area (Å²) in [6.07, 6.45) is 3.29. The first-order valence-corrected chi connectivity index (χ1v) is 8.63. The number of nitrogens with zero attached hydrogens (tertiary/aromatic N) is 8. The Morgan fingerprint density at radius 1 is 1.04 bits per heavy atom. The molecule has 0 saturated carbocycles. The Labute approximate surface area is 156 Å². The lowest BCUT2D eigenvalue weighted by atomic mass is 10.3. The molecule has 0 saturated heterocycles. The van der Waals surface area contributed by atoms with E-state index < -0.39 is 11.2 Å². The zero-order valence-corrected chi connectivity index (χ0v) is 15.5. The SMILES string of the molecule is Cn1c(=O)c2c(nc(Sc3nnc(-c4cccnc4)n3N)n2C)n(C)c1=O. The summed E-state index contributed by atoms with van der Waals surface area (Å²) in [4.78, 5) is 33.0. The van der Waals surface area contributed by atoms with E-state index in [1.807, 2.05) is 6.07 Å². The van der Waals surface area contributed by atoms with Crippen LogP contribution in [0.15, 0.2) is 44.4 Å². The van der Waals surface area contributed by atoms with Crippen LogP contribution in [-0.2, 0) is 21.1 Å². The highest BCUT2D eigenvalue weighted by Gasteiger charge is 2.20. The van der Waals surface area contributed by atoms with E-state index in [1.165, 1.54) is 16.3 Å². The highest BCUT2D eigenvalue weighted by molar-refractivity contribution is 7.99. The molecule has 12 heteroatoms. The molecule has 11 nitrogen and oxygen atoms in total. The second kappa shape index (κ2) is 6.09. The van der Waals surface area contributed by atoms with E-state index in [9.17, 15) is 9.59 Å².